The molecule has 0 amide bonds. The lowest BCUT2D eigenvalue weighted by Crippen LogP contribution is -2.14. The summed E-state index contributed by atoms with van der Waals surface area (Å²) in [4.78, 5) is 11.4. The van der Waals surface area contributed by atoms with E-state index in [4.69, 9.17) is 5.11 Å². The maximum Gasteiger partial charge on any atom is 0.346 e. The van der Waals surface area contributed by atoms with Gasteiger partial charge in [0.05, 0.1) is 0 Å². The topological polar surface area (TPSA) is 49.3 Å². The third-order valence-electron chi connectivity index (χ3n) is 2.67. The smallest absolute Gasteiger partial charge is 0.346 e. The van der Waals surface area contributed by atoms with Gasteiger partial charge in [0, 0.05) is 13.1 Å². The largest absolute Gasteiger partial charge is 0.477 e. The molecule has 0 radical (unpaired) electrons. The third-order valence-corrected chi connectivity index (χ3v) is 3.61. The van der Waals surface area contributed by atoms with E-state index in [-0.39, 0.29) is 0 Å². The van der Waals surface area contributed by atoms with E-state index in [2.05, 4.69) is 30.4 Å². The molecule has 4 heteroatoms. The molecule has 2 aromatic rings. The molecule has 1 aromatic heterocycles. The van der Waals surface area contributed by atoms with Crippen LogP contribution in [0.1, 0.15) is 26.4 Å². The van der Waals surface area contributed by atoms with Crippen molar-refractivity contribution in [1.82, 2.24) is 5.32 Å². The number of hydrogen-bond donors (Lipinski definition) is 2. The van der Waals surface area contributed by atoms with E-state index in [1.807, 2.05) is 17.5 Å². The van der Waals surface area contributed by atoms with Gasteiger partial charge in [0.1, 0.15) is 4.88 Å². The van der Waals surface area contributed by atoms with Crippen molar-refractivity contribution in [3.8, 4) is 0 Å². The van der Waals surface area contributed by atoms with Crippen LogP contribution in [0.3, 0.4) is 0 Å². The Hall–Kier alpha value is -1.65. The van der Waals surface area contributed by atoms with Crippen molar-refractivity contribution in [2.24, 2.45) is 0 Å². The standard InChI is InChI=1S/C14H15NO2S/c1-10-3-2-4-11(7-10)8-15-9-12-5-6-18-13(12)14(16)17/h2-7,15H,8-9H2,1H3,(H,16,17). The fourth-order valence-corrected chi connectivity index (χ4v) is 2.59. The number of aryl methyl sites for hydroxylation is 1. The van der Waals surface area contributed by atoms with Crippen molar-refractivity contribution < 1.29 is 9.90 Å². The van der Waals surface area contributed by atoms with Crippen LogP contribution in [0.15, 0.2) is 35.7 Å². The lowest BCUT2D eigenvalue weighted by Gasteiger charge is -2.05. The van der Waals surface area contributed by atoms with Crippen LogP contribution >= 0.6 is 11.3 Å². The minimum Gasteiger partial charge on any atom is -0.477 e. The molecule has 0 bridgehead atoms. The van der Waals surface area contributed by atoms with Crippen molar-refractivity contribution in [2.45, 2.75) is 20.0 Å². The summed E-state index contributed by atoms with van der Waals surface area (Å²) < 4.78 is 0. The van der Waals surface area contributed by atoms with Gasteiger partial charge in [-0.15, -0.1) is 11.3 Å². The van der Waals surface area contributed by atoms with Gasteiger partial charge < -0.3 is 10.4 Å². The van der Waals surface area contributed by atoms with Gasteiger partial charge in [0.15, 0.2) is 0 Å². The molecule has 0 saturated heterocycles. The van der Waals surface area contributed by atoms with E-state index in [9.17, 15) is 4.79 Å². The lowest BCUT2D eigenvalue weighted by atomic mass is 10.1. The number of carboxylic acids is 1. The highest BCUT2D eigenvalue weighted by Crippen LogP contribution is 2.16. The fraction of sp³-hybridized carbons (Fsp3) is 0.214. The number of thiophene rings is 1. The van der Waals surface area contributed by atoms with Gasteiger partial charge in [0.2, 0.25) is 0 Å². The summed E-state index contributed by atoms with van der Waals surface area (Å²) in [7, 11) is 0. The fourth-order valence-electron chi connectivity index (χ4n) is 1.83. The summed E-state index contributed by atoms with van der Waals surface area (Å²) >= 11 is 1.27. The number of nitrogens with one attached hydrogen (secondary N) is 1. The summed E-state index contributed by atoms with van der Waals surface area (Å²) in [5.74, 6) is -0.850. The Morgan fingerprint density at radius 2 is 2.17 bits per heavy atom. The summed E-state index contributed by atoms with van der Waals surface area (Å²) in [6, 6.07) is 10.1. The highest BCUT2D eigenvalue weighted by molar-refractivity contribution is 7.12. The second-order valence-electron chi connectivity index (χ2n) is 4.17. The van der Waals surface area contributed by atoms with Crippen LogP contribution in [0.25, 0.3) is 0 Å². The summed E-state index contributed by atoms with van der Waals surface area (Å²) in [6.07, 6.45) is 0. The first-order valence-electron chi connectivity index (χ1n) is 5.73. The predicted octanol–water partition coefficient (Wildman–Crippen LogP) is 3.04. The minimum absolute atomic E-state index is 0.423. The maximum atomic E-state index is 10.9. The molecule has 0 atom stereocenters. The van der Waals surface area contributed by atoms with Gasteiger partial charge in [-0.1, -0.05) is 29.8 Å². The Morgan fingerprint density at radius 1 is 1.33 bits per heavy atom. The number of benzene rings is 1. The van der Waals surface area contributed by atoms with Crippen molar-refractivity contribution in [3.05, 3.63) is 57.3 Å². The average Bonchev–Trinajstić information content (AvgIpc) is 2.77. The van der Waals surface area contributed by atoms with Gasteiger partial charge >= 0.3 is 5.97 Å². The quantitative estimate of drug-likeness (QED) is 0.869. The number of aromatic carboxylic acids is 1. The van der Waals surface area contributed by atoms with Crippen LogP contribution in [0.4, 0.5) is 0 Å². The number of rotatable bonds is 5. The predicted molar refractivity (Wildman–Crippen MR) is 73.0 cm³/mol. The van der Waals surface area contributed by atoms with Gasteiger partial charge in [-0.05, 0) is 29.5 Å². The van der Waals surface area contributed by atoms with Gasteiger partial charge in [-0.3, -0.25) is 0 Å². The summed E-state index contributed by atoms with van der Waals surface area (Å²) in [6.45, 7) is 3.39. The van der Waals surface area contributed by atoms with Crippen LogP contribution in [-0.4, -0.2) is 11.1 Å². The Balaban J connectivity index is 1.92. The Bertz CT molecular complexity index is 548. The Kier molecular flexibility index (Phi) is 4.12. The molecule has 2 rings (SSSR count). The highest BCUT2D eigenvalue weighted by Gasteiger charge is 2.10. The van der Waals surface area contributed by atoms with Gasteiger partial charge in [-0.25, -0.2) is 4.79 Å². The Labute approximate surface area is 110 Å². The summed E-state index contributed by atoms with van der Waals surface area (Å²) in [5, 5.41) is 14.1. The van der Waals surface area contributed by atoms with E-state index in [0.29, 0.717) is 11.4 Å². The molecule has 0 unspecified atom stereocenters. The zero-order valence-corrected chi connectivity index (χ0v) is 11.0. The lowest BCUT2D eigenvalue weighted by molar-refractivity contribution is 0.0701. The molecule has 18 heavy (non-hydrogen) atoms. The number of carboxylic acid groups (broad SMARTS) is 1. The first kappa shape index (κ1) is 12.8. The molecule has 0 aliphatic heterocycles. The van der Waals surface area contributed by atoms with Crippen molar-refractivity contribution in [1.29, 1.82) is 0 Å². The normalized spacial score (nSPS) is 10.5. The van der Waals surface area contributed by atoms with Gasteiger partial charge in [-0.2, -0.15) is 0 Å². The van der Waals surface area contributed by atoms with Crippen LogP contribution < -0.4 is 5.32 Å². The molecule has 0 aliphatic carbocycles. The van der Waals surface area contributed by atoms with E-state index >= 15 is 0 Å². The van der Waals surface area contributed by atoms with E-state index < -0.39 is 5.97 Å². The molecule has 1 aromatic carbocycles. The molecule has 3 nitrogen and oxygen atoms in total. The first-order chi connectivity index (χ1) is 8.66. The van der Waals surface area contributed by atoms with Crippen molar-refractivity contribution in [2.75, 3.05) is 0 Å². The number of hydrogen-bond acceptors (Lipinski definition) is 3. The molecule has 1 heterocycles. The zero-order valence-electron chi connectivity index (χ0n) is 10.1. The van der Waals surface area contributed by atoms with Crippen molar-refractivity contribution in [3.63, 3.8) is 0 Å². The monoisotopic (exact) mass is 261 g/mol. The molecule has 0 fully saturated rings. The number of carbonyl (C=O) groups is 1. The maximum absolute atomic E-state index is 10.9. The SMILES string of the molecule is Cc1cccc(CNCc2ccsc2C(=O)O)c1. The molecule has 0 saturated carbocycles. The van der Waals surface area contributed by atoms with E-state index in [1.165, 1.54) is 22.5 Å². The molecular formula is C14H15NO2S. The first-order valence-corrected chi connectivity index (χ1v) is 6.60. The van der Waals surface area contributed by atoms with E-state index in [0.717, 1.165) is 12.1 Å². The van der Waals surface area contributed by atoms with E-state index in [1.54, 1.807) is 0 Å². The Morgan fingerprint density at radius 3 is 2.89 bits per heavy atom. The second-order valence-corrected chi connectivity index (χ2v) is 5.09. The average molecular weight is 261 g/mol. The zero-order chi connectivity index (χ0) is 13.0. The minimum atomic E-state index is -0.850. The molecule has 2 N–H and O–H groups in total. The highest BCUT2D eigenvalue weighted by atomic mass is 32.1. The third kappa shape index (κ3) is 3.18. The van der Waals surface area contributed by atoms with Crippen LogP contribution in [0.2, 0.25) is 0 Å². The molecule has 94 valence electrons. The van der Waals surface area contributed by atoms with Crippen LogP contribution in [0, 0.1) is 6.92 Å². The second kappa shape index (κ2) is 5.80. The molecule has 0 spiro atoms. The van der Waals surface area contributed by atoms with Crippen LogP contribution in [-0.2, 0) is 13.1 Å². The van der Waals surface area contributed by atoms with Gasteiger partial charge in [0.25, 0.3) is 0 Å². The van der Waals surface area contributed by atoms with Crippen LogP contribution in [0.5, 0.6) is 0 Å². The summed E-state index contributed by atoms with van der Waals surface area (Å²) in [5.41, 5.74) is 3.29. The molecular weight excluding hydrogens is 246 g/mol. The van der Waals surface area contributed by atoms with Crippen molar-refractivity contribution >= 4 is 17.3 Å². The molecule has 0 aliphatic rings.